The summed E-state index contributed by atoms with van der Waals surface area (Å²) in [6, 6.07) is 6.37. The molecule has 1 atom stereocenters. The van der Waals surface area contributed by atoms with Gasteiger partial charge in [0.25, 0.3) is 0 Å². The van der Waals surface area contributed by atoms with Gasteiger partial charge in [-0.3, -0.25) is 0 Å². The van der Waals surface area contributed by atoms with E-state index in [0.717, 1.165) is 23.9 Å². The molecule has 1 aliphatic rings. The van der Waals surface area contributed by atoms with E-state index >= 15 is 0 Å². The molecular weight excluding hydrogens is 253 g/mol. The summed E-state index contributed by atoms with van der Waals surface area (Å²) in [7, 11) is 0. The number of likely N-dealkylation sites (N-methyl/N-ethyl adjacent to an activating group) is 1. The second-order valence-electron chi connectivity index (χ2n) is 4.80. The largest absolute Gasteiger partial charge is 0.314 e. The fourth-order valence-electron chi connectivity index (χ4n) is 2.43. The van der Waals surface area contributed by atoms with E-state index in [2.05, 4.69) is 12.2 Å². The number of halogens is 2. The zero-order valence-corrected chi connectivity index (χ0v) is 11.7. The van der Waals surface area contributed by atoms with Gasteiger partial charge in [-0.1, -0.05) is 42.6 Å². The molecule has 0 bridgehead atoms. The van der Waals surface area contributed by atoms with E-state index < -0.39 is 0 Å². The van der Waals surface area contributed by atoms with Crippen molar-refractivity contribution in [1.29, 1.82) is 0 Å². The van der Waals surface area contributed by atoms with Crippen LogP contribution in [-0.4, -0.2) is 12.6 Å². The van der Waals surface area contributed by atoms with Gasteiger partial charge in [-0.2, -0.15) is 0 Å². The van der Waals surface area contributed by atoms with Crippen molar-refractivity contribution < 1.29 is 0 Å². The standard InChI is InChI=1S/C14H19Cl2N/c1-2-17-14(10-4-3-5-10)8-11-6-7-12(15)9-13(11)16/h6-7,9-10,14,17H,2-5,8H2,1H3. The third-order valence-corrected chi connectivity index (χ3v) is 4.23. The summed E-state index contributed by atoms with van der Waals surface area (Å²) in [6.07, 6.45) is 5.08. The van der Waals surface area contributed by atoms with E-state index in [9.17, 15) is 0 Å². The summed E-state index contributed by atoms with van der Waals surface area (Å²) >= 11 is 12.1. The fourth-order valence-corrected chi connectivity index (χ4v) is 2.92. The van der Waals surface area contributed by atoms with Gasteiger partial charge in [0.1, 0.15) is 0 Å². The molecule has 17 heavy (non-hydrogen) atoms. The van der Waals surface area contributed by atoms with Crippen molar-refractivity contribution in [3.05, 3.63) is 33.8 Å². The minimum Gasteiger partial charge on any atom is -0.314 e. The van der Waals surface area contributed by atoms with E-state index in [0.29, 0.717) is 11.1 Å². The lowest BCUT2D eigenvalue weighted by Crippen LogP contribution is -2.41. The van der Waals surface area contributed by atoms with Crippen LogP contribution in [0.25, 0.3) is 0 Å². The van der Waals surface area contributed by atoms with Crippen LogP contribution in [0.3, 0.4) is 0 Å². The Morgan fingerprint density at radius 3 is 2.65 bits per heavy atom. The van der Waals surface area contributed by atoms with Crippen LogP contribution in [0.1, 0.15) is 31.7 Å². The van der Waals surface area contributed by atoms with Crippen molar-refractivity contribution >= 4 is 23.2 Å². The molecule has 1 fully saturated rings. The van der Waals surface area contributed by atoms with Gasteiger partial charge in [0.2, 0.25) is 0 Å². The molecule has 1 aliphatic carbocycles. The van der Waals surface area contributed by atoms with Gasteiger partial charge >= 0.3 is 0 Å². The summed E-state index contributed by atoms with van der Waals surface area (Å²) in [4.78, 5) is 0. The maximum atomic E-state index is 6.23. The maximum Gasteiger partial charge on any atom is 0.0453 e. The lowest BCUT2D eigenvalue weighted by molar-refractivity contribution is 0.229. The predicted molar refractivity (Wildman–Crippen MR) is 75.0 cm³/mol. The van der Waals surface area contributed by atoms with Gasteiger partial charge in [0, 0.05) is 16.1 Å². The molecule has 94 valence electrons. The Labute approximate surface area is 114 Å². The van der Waals surface area contributed by atoms with Crippen molar-refractivity contribution in [2.75, 3.05) is 6.54 Å². The van der Waals surface area contributed by atoms with E-state index in [-0.39, 0.29) is 0 Å². The lowest BCUT2D eigenvalue weighted by Gasteiger charge is -2.34. The molecule has 0 saturated heterocycles. The first kappa shape index (κ1) is 13.2. The van der Waals surface area contributed by atoms with Crippen LogP contribution in [0.15, 0.2) is 18.2 Å². The highest BCUT2D eigenvalue weighted by atomic mass is 35.5. The smallest absolute Gasteiger partial charge is 0.0453 e. The minimum absolute atomic E-state index is 0.562. The van der Waals surface area contributed by atoms with Crippen LogP contribution in [0.4, 0.5) is 0 Å². The number of benzene rings is 1. The molecule has 0 heterocycles. The van der Waals surface area contributed by atoms with Crippen molar-refractivity contribution in [3.8, 4) is 0 Å². The van der Waals surface area contributed by atoms with Crippen LogP contribution >= 0.6 is 23.2 Å². The van der Waals surface area contributed by atoms with Crippen molar-refractivity contribution in [2.45, 2.75) is 38.6 Å². The lowest BCUT2D eigenvalue weighted by atomic mass is 9.77. The Morgan fingerprint density at radius 1 is 1.35 bits per heavy atom. The van der Waals surface area contributed by atoms with Crippen molar-refractivity contribution in [3.63, 3.8) is 0 Å². The van der Waals surface area contributed by atoms with Gasteiger partial charge in [0.05, 0.1) is 0 Å². The summed E-state index contributed by atoms with van der Waals surface area (Å²) < 4.78 is 0. The Bertz CT molecular complexity index is 374. The molecule has 0 aromatic heterocycles. The predicted octanol–water partition coefficient (Wildman–Crippen LogP) is 4.31. The second kappa shape index (κ2) is 6.08. The van der Waals surface area contributed by atoms with E-state index in [1.807, 2.05) is 18.2 Å². The topological polar surface area (TPSA) is 12.0 Å². The fraction of sp³-hybridized carbons (Fsp3) is 0.571. The molecule has 0 spiro atoms. The highest BCUT2D eigenvalue weighted by Crippen LogP contribution is 2.32. The molecule has 2 rings (SSSR count). The van der Waals surface area contributed by atoms with Crippen LogP contribution in [-0.2, 0) is 6.42 Å². The highest BCUT2D eigenvalue weighted by molar-refractivity contribution is 6.35. The van der Waals surface area contributed by atoms with Gasteiger partial charge in [-0.15, -0.1) is 0 Å². The first-order valence-corrected chi connectivity index (χ1v) is 7.13. The minimum atomic E-state index is 0.562. The summed E-state index contributed by atoms with van der Waals surface area (Å²) in [5.74, 6) is 0.821. The van der Waals surface area contributed by atoms with Gasteiger partial charge in [-0.25, -0.2) is 0 Å². The van der Waals surface area contributed by atoms with Crippen LogP contribution in [0, 0.1) is 5.92 Å². The molecule has 1 aromatic rings. The molecular formula is C14H19Cl2N. The molecule has 1 nitrogen and oxygen atoms in total. The molecule has 1 aromatic carbocycles. The van der Waals surface area contributed by atoms with Gasteiger partial charge < -0.3 is 5.32 Å². The molecule has 1 saturated carbocycles. The zero-order chi connectivity index (χ0) is 12.3. The van der Waals surface area contributed by atoms with Crippen LogP contribution < -0.4 is 5.32 Å². The molecule has 0 aliphatic heterocycles. The van der Waals surface area contributed by atoms with Crippen LogP contribution in [0.2, 0.25) is 10.0 Å². The average Bonchev–Trinajstić information content (AvgIpc) is 2.20. The molecule has 3 heteroatoms. The highest BCUT2D eigenvalue weighted by Gasteiger charge is 2.27. The monoisotopic (exact) mass is 271 g/mol. The Morgan fingerprint density at radius 2 is 2.12 bits per heavy atom. The number of rotatable bonds is 5. The van der Waals surface area contributed by atoms with E-state index in [1.54, 1.807) is 0 Å². The Balaban J connectivity index is 2.05. The van der Waals surface area contributed by atoms with Gasteiger partial charge in [-0.05, 0) is 49.4 Å². The van der Waals surface area contributed by atoms with E-state index in [4.69, 9.17) is 23.2 Å². The third-order valence-electron chi connectivity index (χ3n) is 3.64. The average molecular weight is 272 g/mol. The van der Waals surface area contributed by atoms with Gasteiger partial charge in [0.15, 0.2) is 0 Å². The quantitative estimate of drug-likeness (QED) is 0.842. The van der Waals surface area contributed by atoms with Crippen LogP contribution in [0.5, 0.6) is 0 Å². The third kappa shape index (κ3) is 3.37. The maximum absolute atomic E-state index is 6.23. The number of nitrogens with one attached hydrogen (secondary N) is 1. The SMILES string of the molecule is CCNC(Cc1ccc(Cl)cc1Cl)C1CCC1. The molecule has 1 unspecified atom stereocenters. The Hall–Kier alpha value is -0.240. The summed E-state index contributed by atoms with van der Waals surface area (Å²) in [6.45, 7) is 3.18. The summed E-state index contributed by atoms with van der Waals surface area (Å²) in [5.41, 5.74) is 1.20. The number of hydrogen-bond acceptors (Lipinski definition) is 1. The first-order valence-electron chi connectivity index (χ1n) is 6.38. The molecule has 0 amide bonds. The first-order chi connectivity index (χ1) is 8.20. The number of hydrogen-bond donors (Lipinski definition) is 1. The second-order valence-corrected chi connectivity index (χ2v) is 5.64. The molecule has 1 N–H and O–H groups in total. The van der Waals surface area contributed by atoms with Crippen molar-refractivity contribution in [1.82, 2.24) is 5.32 Å². The van der Waals surface area contributed by atoms with Crippen molar-refractivity contribution in [2.24, 2.45) is 5.92 Å². The molecule has 0 radical (unpaired) electrons. The summed E-state index contributed by atoms with van der Waals surface area (Å²) in [5, 5.41) is 5.09. The normalized spacial score (nSPS) is 17.8. The van der Waals surface area contributed by atoms with E-state index in [1.165, 1.54) is 24.8 Å². The zero-order valence-electron chi connectivity index (χ0n) is 10.2. The Kier molecular flexibility index (Phi) is 4.72.